The summed E-state index contributed by atoms with van der Waals surface area (Å²) < 4.78 is 1.06. The zero-order valence-corrected chi connectivity index (χ0v) is 16.1. The summed E-state index contributed by atoms with van der Waals surface area (Å²) in [4.78, 5) is 4.77. The van der Waals surface area contributed by atoms with Gasteiger partial charge in [-0.2, -0.15) is 0 Å². The van der Waals surface area contributed by atoms with Crippen LogP contribution in [0.3, 0.4) is 0 Å². The number of hydrogen-bond acceptors (Lipinski definition) is 3. The van der Waals surface area contributed by atoms with E-state index in [0.29, 0.717) is 0 Å². The smallest absolute Gasteiger partial charge is 0.153 e. The van der Waals surface area contributed by atoms with Gasteiger partial charge in [0.25, 0.3) is 0 Å². The van der Waals surface area contributed by atoms with Gasteiger partial charge in [-0.3, -0.25) is 10.3 Å². The van der Waals surface area contributed by atoms with Crippen LogP contribution in [-0.2, 0) is 5.66 Å². The van der Waals surface area contributed by atoms with Gasteiger partial charge < -0.3 is 5.32 Å². The van der Waals surface area contributed by atoms with E-state index in [1.54, 1.807) is 0 Å². The normalized spacial score (nSPS) is 21.7. The van der Waals surface area contributed by atoms with Crippen molar-refractivity contribution in [1.29, 1.82) is 0 Å². The molecular weight excluding hydrogens is 386 g/mol. The summed E-state index contributed by atoms with van der Waals surface area (Å²) in [5, 5.41) is 7.30. The SMILES string of the molecule is Cc1ccc(C2N=CC(Nc3ccc(Br)cc3)(c3ccccc3)N2)cc1. The lowest BCUT2D eigenvalue weighted by Crippen LogP contribution is -2.47. The molecule has 26 heavy (non-hydrogen) atoms. The highest BCUT2D eigenvalue weighted by Crippen LogP contribution is 2.32. The Bertz CT molecular complexity index is 904. The minimum atomic E-state index is -0.551. The third-order valence-electron chi connectivity index (χ3n) is 4.59. The van der Waals surface area contributed by atoms with Crippen LogP contribution in [0.15, 0.2) is 88.3 Å². The number of hydrogen-bond donors (Lipinski definition) is 2. The Balaban J connectivity index is 1.68. The summed E-state index contributed by atoms with van der Waals surface area (Å²) in [6, 6.07) is 27.0. The van der Waals surface area contributed by atoms with E-state index in [1.807, 2.05) is 24.4 Å². The molecule has 4 rings (SSSR count). The molecule has 0 bridgehead atoms. The molecule has 1 aliphatic rings. The van der Waals surface area contributed by atoms with E-state index in [0.717, 1.165) is 21.3 Å². The highest BCUT2D eigenvalue weighted by atomic mass is 79.9. The summed E-state index contributed by atoms with van der Waals surface area (Å²) in [7, 11) is 0. The first-order valence-electron chi connectivity index (χ1n) is 8.62. The minimum absolute atomic E-state index is 0.0845. The lowest BCUT2D eigenvalue weighted by atomic mass is 10.00. The molecule has 3 nitrogen and oxygen atoms in total. The third-order valence-corrected chi connectivity index (χ3v) is 5.12. The predicted molar refractivity (Wildman–Crippen MR) is 111 cm³/mol. The molecule has 130 valence electrons. The van der Waals surface area contributed by atoms with Crippen LogP contribution in [0, 0.1) is 6.92 Å². The molecule has 0 radical (unpaired) electrons. The summed E-state index contributed by atoms with van der Waals surface area (Å²) in [5.74, 6) is 0. The molecule has 4 heteroatoms. The van der Waals surface area contributed by atoms with Gasteiger partial charge in [-0.15, -0.1) is 0 Å². The van der Waals surface area contributed by atoms with Crippen LogP contribution in [0.1, 0.15) is 22.9 Å². The van der Waals surface area contributed by atoms with Crippen molar-refractivity contribution in [3.05, 3.63) is 100 Å². The summed E-state index contributed by atoms with van der Waals surface area (Å²) in [6.45, 7) is 2.10. The van der Waals surface area contributed by atoms with Crippen LogP contribution in [0.25, 0.3) is 0 Å². The Morgan fingerprint density at radius 2 is 1.62 bits per heavy atom. The third kappa shape index (κ3) is 3.43. The maximum absolute atomic E-state index is 4.77. The van der Waals surface area contributed by atoms with Crippen molar-refractivity contribution in [2.45, 2.75) is 18.8 Å². The number of rotatable bonds is 4. The van der Waals surface area contributed by atoms with E-state index >= 15 is 0 Å². The van der Waals surface area contributed by atoms with Crippen LogP contribution in [-0.4, -0.2) is 6.21 Å². The van der Waals surface area contributed by atoms with Gasteiger partial charge in [0.15, 0.2) is 5.66 Å². The van der Waals surface area contributed by atoms with E-state index in [-0.39, 0.29) is 6.17 Å². The average Bonchev–Trinajstić information content (AvgIpc) is 3.10. The van der Waals surface area contributed by atoms with Crippen LogP contribution < -0.4 is 10.6 Å². The van der Waals surface area contributed by atoms with E-state index in [2.05, 4.69) is 94.2 Å². The van der Waals surface area contributed by atoms with E-state index in [4.69, 9.17) is 4.99 Å². The summed E-state index contributed by atoms with van der Waals surface area (Å²) in [6.07, 6.45) is 1.90. The maximum atomic E-state index is 4.77. The van der Waals surface area contributed by atoms with Crippen molar-refractivity contribution in [2.24, 2.45) is 4.99 Å². The maximum Gasteiger partial charge on any atom is 0.153 e. The van der Waals surface area contributed by atoms with Crippen LogP contribution >= 0.6 is 15.9 Å². The Labute approximate surface area is 162 Å². The number of nitrogens with one attached hydrogen (secondary N) is 2. The van der Waals surface area contributed by atoms with Gasteiger partial charge in [0, 0.05) is 16.4 Å². The Morgan fingerprint density at radius 1 is 0.923 bits per heavy atom. The van der Waals surface area contributed by atoms with Crippen LogP contribution in [0.4, 0.5) is 5.69 Å². The number of benzene rings is 3. The fraction of sp³-hybridized carbons (Fsp3) is 0.136. The predicted octanol–water partition coefficient (Wildman–Crippen LogP) is 5.40. The second-order valence-corrected chi connectivity index (χ2v) is 7.46. The van der Waals surface area contributed by atoms with Gasteiger partial charge >= 0.3 is 0 Å². The first-order chi connectivity index (χ1) is 12.6. The van der Waals surface area contributed by atoms with E-state index in [9.17, 15) is 0 Å². The van der Waals surface area contributed by atoms with Crippen molar-refractivity contribution in [3.63, 3.8) is 0 Å². The fourth-order valence-electron chi connectivity index (χ4n) is 3.16. The van der Waals surface area contributed by atoms with Crippen molar-refractivity contribution in [2.75, 3.05) is 5.32 Å². The summed E-state index contributed by atoms with van der Waals surface area (Å²) in [5.41, 5.74) is 4.01. The van der Waals surface area contributed by atoms with Gasteiger partial charge in [0.2, 0.25) is 0 Å². The Kier molecular flexibility index (Phi) is 4.62. The molecule has 3 aromatic carbocycles. The lowest BCUT2D eigenvalue weighted by molar-refractivity contribution is 0.473. The standard InChI is InChI=1S/C22H20BrN3/c1-16-7-9-17(10-8-16)21-24-15-22(26-21,18-5-3-2-4-6-18)25-20-13-11-19(23)12-14-20/h2-15,21,25-26H,1H3. The molecule has 0 aromatic heterocycles. The number of aliphatic imine (C=N–C) groups is 1. The van der Waals surface area contributed by atoms with Gasteiger partial charge in [0.05, 0.1) is 0 Å². The average molecular weight is 406 g/mol. The molecule has 0 amide bonds. The fourth-order valence-corrected chi connectivity index (χ4v) is 3.42. The van der Waals surface area contributed by atoms with Gasteiger partial charge in [-0.05, 0) is 42.3 Å². The number of nitrogens with zero attached hydrogens (tertiary/aromatic N) is 1. The number of halogens is 1. The highest BCUT2D eigenvalue weighted by molar-refractivity contribution is 9.10. The zero-order valence-electron chi connectivity index (χ0n) is 14.5. The Morgan fingerprint density at radius 3 is 2.31 bits per heavy atom. The topological polar surface area (TPSA) is 36.4 Å². The lowest BCUT2D eigenvalue weighted by Gasteiger charge is -2.31. The second-order valence-electron chi connectivity index (χ2n) is 6.54. The molecule has 3 aromatic rings. The molecule has 0 aliphatic carbocycles. The molecule has 0 saturated carbocycles. The van der Waals surface area contributed by atoms with Crippen molar-refractivity contribution < 1.29 is 0 Å². The first-order valence-corrected chi connectivity index (χ1v) is 9.42. The molecule has 2 N–H and O–H groups in total. The van der Waals surface area contributed by atoms with Crippen molar-refractivity contribution in [3.8, 4) is 0 Å². The molecular formula is C22H20BrN3. The molecule has 2 unspecified atom stereocenters. The van der Waals surface area contributed by atoms with Gasteiger partial charge in [-0.25, -0.2) is 0 Å². The Hall–Kier alpha value is -2.43. The quantitative estimate of drug-likeness (QED) is 0.609. The van der Waals surface area contributed by atoms with Gasteiger partial charge in [0.1, 0.15) is 6.17 Å². The molecule has 2 atom stereocenters. The number of anilines is 1. The van der Waals surface area contributed by atoms with Crippen molar-refractivity contribution >= 4 is 27.8 Å². The van der Waals surface area contributed by atoms with Crippen LogP contribution in [0.5, 0.6) is 0 Å². The molecule has 1 heterocycles. The first kappa shape index (κ1) is 17.0. The van der Waals surface area contributed by atoms with E-state index in [1.165, 1.54) is 5.56 Å². The molecule has 0 fully saturated rings. The minimum Gasteiger partial charge on any atom is -0.359 e. The monoisotopic (exact) mass is 405 g/mol. The molecule has 1 aliphatic heterocycles. The largest absolute Gasteiger partial charge is 0.359 e. The second kappa shape index (κ2) is 7.06. The zero-order chi connectivity index (χ0) is 18.0. The molecule has 0 saturated heterocycles. The van der Waals surface area contributed by atoms with Gasteiger partial charge in [-0.1, -0.05) is 76.1 Å². The van der Waals surface area contributed by atoms with Crippen LogP contribution in [0.2, 0.25) is 0 Å². The van der Waals surface area contributed by atoms with Crippen molar-refractivity contribution in [1.82, 2.24) is 5.32 Å². The highest BCUT2D eigenvalue weighted by Gasteiger charge is 2.37. The van der Waals surface area contributed by atoms with E-state index < -0.39 is 5.66 Å². The number of aryl methyl sites for hydroxylation is 1. The molecule has 0 spiro atoms. The summed E-state index contributed by atoms with van der Waals surface area (Å²) >= 11 is 3.49.